The van der Waals surface area contributed by atoms with Crippen molar-refractivity contribution < 1.29 is 26.3 Å². The molecule has 0 aliphatic rings. The number of alkyl halides is 6. The zero-order chi connectivity index (χ0) is 19.2. The SMILES string of the molecule is FC(F)(F)/C(C#Cc1ccc(C(F)(F)F)cc1)=C/SCc1ccccc1. The highest BCUT2D eigenvalue weighted by Gasteiger charge is 2.32. The van der Waals surface area contributed by atoms with Crippen LogP contribution >= 0.6 is 11.8 Å². The average Bonchev–Trinajstić information content (AvgIpc) is 2.57. The molecule has 0 unspecified atom stereocenters. The molecule has 0 saturated heterocycles. The second-order valence-corrected chi connectivity index (χ2v) is 6.01. The molecule has 136 valence electrons. The van der Waals surface area contributed by atoms with Crippen LogP contribution in [-0.2, 0) is 11.9 Å². The number of benzene rings is 2. The maximum absolute atomic E-state index is 13.0. The van der Waals surface area contributed by atoms with Crippen LogP contribution in [-0.4, -0.2) is 6.18 Å². The molecule has 0 amide bonds. The van der Waals surface area contributed by atoms with Gasteiger partial charge in [0.05, 0.1) is 5.56 Å². The van der Waals surface area contributed by atoms with E-state index in [1.807, 2.05) is 5.92 Å². The lowest BCUT2D eigenvalue weighted by molar-refractivity contribution is -0.137. The smallest absolute Gasteiger partial charge is 0.166 e. The summed E-state index contributed by atoms with van der Waals surface area (Å²) in [5, 5.41) is 0.921. The van der Waals surface area contributed by atoms with E-state index in [4.69, 9.17) is 0 Å². The molecule has 0 radical (unpaired) electrons. The van der Waals surface area contributed by atoms with Gasteiger partial charge >= 0.3 is 12.4 Å². The minimum Gasteiger partial charge on any atom is -0.166 e. The predicted octanol–water partition coefficient (Wildman–Crippen LogP) is 6.44. The molecule has 0 nitrogen and oxygen atoms in total. The maximum atomic E-state index is 13.0. The van der Waals surface area contributed by atoms with Gasteiger partial charge in [-0.1, -0.05) is 42.2 Å². The molecular weight excluding hydrogens is 374 g/mol. The Morgan fingerprint density at radius 2 is 1.50 bits per heavy atom. The normalized spacial score (nSPS) is 12.5. The molecule has 0 heterocycles. The monoisotopic (exact) mass is 386 g/mol. The number of halogens is 6. The highest BCUT2D eigenvalue weighted by Crippen LogP contribution is 2.30. The number of hydrogen-bond donors (Lipinski definition) is 0. The molecule has 2 aromatic carbocycles. The van der Waals surface area contributed by atoms with Crippen molar-refractivity contribution in [2.75, 3.05) is 0 Å². The molecule has 0 atom stereocenters. The molecule has 0 saturated carbocycles. The Hall–Kier alpha value is -2.33. The van der Waals surface area contributed by atoms with Crippen molar-refractivity contribution in [2.24, 2.45) is 0 Å². The highest BCUT2D eigenvalue weighted by atomic mass is 32.2. The largest absolute Gasteiger partial charge is 0.424 e. The Morgan fingerprint density at radius 1 is 0.885 bits per heavy atom. The van der Waals surface area contributed by atoms with Gasteiger partial charge in [0.15, 0.2) is 0 Å². The topological polar surface area (TPSA) is 0 Å². The third kappa shape index (κ3) is 6.19. The first-order chi connectivity index (χ1) is 12.2. The number of allylic oxidation sites excluding steroid dienone is 1. The summed E-state index contributed by atoms with van der Waals surface area (Å²) in [6.07, 6.45) is -9.14. The Kier molecular flexibility index (Phi) is 6.43. The molecule has 0 bridgehead atoms. The van der Waals surface area contributed by atoms with E-state index in [9.17, 15) is 26.3 Å². The van der Waals surface area contributed by atoms with Crippen molar-refractivity contribution in [2.45, 2.75) is 18.1 Å². The lowest BCUT2D eigenvalue weighted by atomic mass is 10.1. The lowest BCUT2D eigenvalue weighted by Crippen LogP contribution is -2.10. The Morgan fingerprint density at radius 3 is 2.04 bits per heavy atom. The van der Waals surface area contributed by atoms with Crippen LogP contribution in [0, 0.1) is 11.8 Å². The van der Waals surface area contributed by atoms with E-state index in [1.165, 1.54) is 0 Å². The summed E-state index contributed by atoms with van der Waals surface area (Å²) in [6.45, 7) is 0. The molecule has 2 rings (SSSR count). The summed E-state index contributed by atoms with van der Waals surface area (Å²) in [5.41, 5.74) is -0.987. The van der Waals surface area contributed by atoms with Gasteiger partial charge in [0.25, 0.3) is 0 Å². The van der Waals surface area contributed by atoms with Crippen molar-refractivity contribution in [3.05, 3.63) is 82.3 Å². The van der Waals surface area contributed by atoms with E-state index in [0.29, 0.717) is 5.75 Å². The van der Waals surface area contributed by atoms with Crippen LogP contribution in [0.1, 0.15) is 16.7 Å². The van der Waals surface area contributed by atoms with E-state index in [0.717, 1.165) is 47.0 Å². The number of hydrogen-bond acceptors (Lipinski definition) is 1. The second kappa shape index (κ2) is 8.37. The van der Waals surface area contributed by atoms with Crippen molar-refractivity contribution in [3.8, 4) is 11.8 Å². The average molecular weight is 386 g/mol. The summed E-state index contributed by atoms with van der Waals surface area (Å²) < 4.78 is 76.5. The van der Waals surface area contributed by atoms with Crippen LogP contribution in [0.3, 0.4) is 0 Å². The fourth-order valence-corrected chi connectivity index (χ4v) is 2.67. The molecule has 0 spiro atoms. The fourth-order valence-electron chi connectivity index (χ4n) is 1.84. The summed E-state index contributed by atoms with van der Waals surface area (Å²) in [7, 11) is 0. The van der Waals surface area contributed by atoms with Gasteiger partial charge in [-0.05, 0) is 35.2 Å². The van der Waals surface area contributed by atoms with E-state index in [2.05, 4.69) is 5.92 Å². The molecule has 0 fully saturated rings. The van der Waals surface area contributed by atoms with E-state index in [1.54, 1.807) is 30.3 Å². The fraction of sp³-hybridized carbons (Fsp3) is 0.158. The van der Waals surface area contributed by atoms with Crippen LogP contribution in [0.4, 0.5) is 26.3 Å². The van der Waals surface area contributed by atoms with Gasteiger partial charge in [-0.3, -0.25) is 0 Å². The van der Waals surface area contributed by atoms with Crippen molar-refractivity contribution >= 4 is 11.8 Å². The predicted molar refractivity (Wildman–Crippen MR) is 90.2 cm³/mol. The second-order valence-electron chi connectivity index (χ2n) is 5.15. The number of rotatable bonds is 3. The first-order valence-corrected chi connectivity index (χ1v) is 8.33. The number of thioether (sulfide) groups is 1. The van der Waals surface area contributed by atoms with Gasteiger partial charge in [0.2, 0.25) is 0 Å². The van der Waals surface area contributed by atoms with Gasteiger partial charge in [-0.15, -0.1) is 11.8 Å². The zero-order valence-corrected chi connectivity index (χ0v) is 14.0. The summed E-state index contributed by atoms with van der Waals surface area (Å²) >= 11 is 0.949. The molecule has 2 aromatic rings. The molecule has 0 aromatic heterocycles. The van der Waals surface area contributed by atoms with Gasteiger partial charge in [-0.2, -0.15) is 26.3 Å². The van der Waals surface area contributed by atoms with Crippen molar-refractivity contribution in [3.63, 3.8) is 0 Å². The first kappa shape index (κ1) is 20.0. The minimum absolute atomic E-state index is 0.0706. The Balaban J connectivity index is 2.14. The van der Waals surface area contributed by atoms with Crippen LogP contribution < -0.4 is 0 Å². The molecular formula is C19H12F6S. The third-order valence-electron chi connectivity index (χ3n) is 3.15. The molecule has 0 aliphatic heterocycles. The summed E-state index contributed by atoms with van der Waals surface area (Å²) in [5.74, 6) is 4.61. The summed E-state index contributed by atoms with van der Waals surface area (Å²) in [6, 6.07) is 12.6. The van der Waals surface area contributed by atoms with E-state index < -0.39 is 23.5 Å². The molecule has 0 aliphatic carbocycles. The standard InChI is InChI=1S/C19H12F6S/c20-18(21,22)16-9-6-14(7-10-16)8-11-17(19(23,24)25)13-26-12-15-4-2-1-3-5-15/h1-7,9-10,13H,12H2/b17-13+. The minimum atomic E-state index is -4.64. The van der Waals surface area contributed by atoms with E-state index >= 15 is 0 Å². The summed E-state index contributed by atoms with van der Waals surface area (Å²) in [4.78, 5) is 0. The van der Waals surface area contributed by atoms with Crippen LogP contribution in [0.5, 0.6) is 0 Å². The maximum Gasteiger partial charge on any atom is 0.424 e. The van der Waals surface area contributed by atoms with Crippen LogP contribution in [0.25, 0.3) is 0 Å². The third-order valence-corrected chi connectivity index (χ3v) is 4.06. The molecule has 7 heteroatoms. The van der Waals surface area contributed by atoms with Gasteiger partial charge in [0, 0.05) is 11.3 Å². The Labute approximate surface area is 150 Å². The lowest BCUT2D eigenvalue weighted by Gasteiger charge is -2.06. The van der Waals surface area contributed by atoms with Crippen LogP contribution in [0.2, 0.25) is 0 Å². The zero-order valence-electron chi connectivity index (χ0n) is 13.2. The molecule has 0 N–H and O–H groups in total. The van der Waals surface area contributed by atoms with Gasteiger partial charge < -0.3 is 0 Å². The van der Waals surface area contributed by atoms with Crippen molar-refractivity contribution in [1.82, 2.24) is 0 Å². The van der Waals surface area contributed by atoms with Crippen molar-refractivity contribution in [1.29, 1.82) is 0 Å². The molecule has 26 heavy (non-hydrogen) atoms. The highest BCUT2D eigenvalue weighted by molar-refractivity contribution is 8.01. The first-order valence-electron chi connectivity index (χ1n) is 7.28. The Bertz CT molecular complexity index is 806. The quantitative estimate of drug-likeness (QED) is 0.432. The van der Waals surface area contributed by atoms with Crippen LogP contribution in [0.15, 0.2) is 65.6 Å². The van der Waals surface area contributed by atoms with Gasteiger partial charge in [0.1, 0.15) is 5.57 Å². The van der Waals surface area contributed by atoms with E-state index in [-0.39, 0.29) is 5.56 Å². The van der Waals surface area contributed by atoms with Gasteiger partial charge in [-0.25, -0.2) is 0 Å².